The van der Waals surface area contributed by atoms with Gasteiger partial charge in [0.05, 0.1) is 0 Å². The molecule has 2 aromatic rings. The van der Waals surface area contributed by atoms with E-state index in [1.807, 2.05) is 44.2 Å². The maximum absolute atomic E-state index is 12.4. The third-order valence-electron chi connectivity index (χ3n) is 4.19. The molecule has 7 heteroatoms. The van der Waals surface area contributed by atoms with Gasteiger partial charge in [-0.25, -0.2) is 0 Å². The molecule has 2 rings (SSSR count). The molecule has 0 aromatic heterocycles. The maximum Gasteiger partial charge on any atom is 0.286 e. The van der Waals surface area contributed by atoms with E-state index in [1.54, 1.807) is 25.1 Å². The minimum Gasteiger partial charge on any atom is -0.481 e. The van der Waals surface area contributed by atoms with Crippen molar-refractivity contribution < 1.29 is 19.1 Å². The summed E-state index contributed by atoms with van der Waals surface area (Å²) in [4.78, 5) is 36.1. The predicted molar refractivity (Wildman–Crippen MR) is 111 cm³/mol. The molecule has 0 saturated heterocycles. The van der Waals surface area contributed by atoms with Crippen molar-refractivity contribution in [3.63, 3.8) is 0 Å². The Balaban J connectivity index is 2.01. The highest BCUT2D eigenvalue weighted by molar-refractivity contribution is 6.01. The number of hydrogen-bond acceptors (Lipinski definition) is 4. The number of benzene rings is 2. The molecule has 1 atom stereocenters. The number of nitrogens with one attached hydrogen (secondary N) is 3. The van der Waals surface area contributed by atoms with Crippen LogP contribution in [0.1, 0.15) is 30.5 Å². The van der Waals surface area contributed by atoms with Crippen molar-refractivity contribution in [3.8, 4) is 5.75 Å². The average molecular weight is 395 g/mol. The quantitative estimate of drug-likeness (QED) is 0.517. The highest BCUT2D eigenvalue weighted by Gasteiger charge is 2.18. The van der Waals surface area contributed by atoms with Gasteiger partial charge in [0.25, 0.3) is 11.8 Å². The fourth-order valence-electron chi connectivity index (χ4n) is 2.45. The Bertz CT molecular complexity index is 923. The van der Waals surface area contributed by atoms with Gasteiger partial charge in [-0.15, -0.1) is 0 Å². The van der Waals surface area contributed by atoms with E-state index in [9.17, 15) is 14.4 Å². The van der Waals surface area contributed by atoms with E-state index < -0.39 is 23.8 Å². The number of carbonyl (C=O) groups is 3. The number of carbonyl (C=O) groups excluding carboxylic acids is 3. The van der Waals surface area contributed by atoms with Crippen LogP contribution in [-0.4, -0.2) is 23.8 Å². The van der Waals surface area contributed by atoms with Gasteiger partial charge in [-0.05, 0) is 49.6 Å². The molecule has 7 nitrogen and oxygen atoms in total. The molecule has 0 fully saturated rings. The molecule has 0 heterocycles. The summed E-state index contributed by atoms with van der Waals surface area (Å²) in [6, 6.07) is 14.6. The Morgan fingerprint density at radius 3 is 2.31 bits per heavy atom. The molecule has 0 radical (unpaired) electrons. The lowest BCUT2D eigenvalue weighted by Gasteiger charge is -2.17. The Hall–Kier alpha value is -3.61. The van der Waals surface area contributed by atoms with Crippen LogP contribution in [-0.2, 0) is 14.4 Å². The summed E-state index contributed by atoms with van der Waals surface area (Å²) in [5.74, 6) is -0.986. The van der Waals surface area contributed by atoms with Crippen LogP contribution in [0.2, 0.25) is 0 Å². The van der Waals surface area contributed by atoms with Gasteiger partial charge in [0.2, 0.25) is 5.91 Å². The van der Waals surface area contributed by atoms with Gasteiger partial charge in [-0.1, -0.05) is 42.5 Å². The van der Waals surface area contributed by atoms with Gasteiger partial charge in [-0.3, -0.25) is 25.2 Å². The molecule has 0 bridgehead atoms. The summed E-state index contributed by atoms with van der Waals surface area (Å²) in [6.45, 7) is 6.74. The maximum atomic E-state index is 12.4. The summed E-state index contributed by atoms with van der Waals surface area (Å²) in [6.07, 6.45) is 0.678. The minimum atomic E-state index is -0.835. The van der Waals surface area contributed by atoms with Gasteiger partial charge in [0.1, 0.15) is 11.4 Å². The fourth-order valence-corrected chi connectivity index (χ4v) is 2.45. The second-order valence-electron chi connectivity index (χ2n) is 6.55. The molecule has 0 unspecified atom stereocenters. The third kappa shape index (κ3) is 6.49. The number of amides is 3. The number of hydrazine groups is 1. The van der Waals surface area contributed by atoms with E-state index in [0.29, 0.717) is 5.75 Å². The number of ether oxygens (including phenoxy) is 1. The first-order chi connectivity index (χ1) is 13.8. The van der Waals surface area contributed by atoms with Gasteiger partial charge in [-0.2, -0.15) is 0 Å². The Labute approximate surface area is 170 Å². The minimum absolute atomic E-state index is 0.00657. The lowest BCUT2D eigenvalue weighted by Crippen LogP contribution is -2.49. The molecule has 0 aliphatic carbocycles. The van der Waals surface area contributed by atoms with Gasteiger partial charge >= 0.3 is 0 Å². The summed E-state index contributed by atoms with van der Waals surface area (Å²) >= 11 is 0. The van der Waals surface area contributed by atoms with Gasteiger partial charge in [0.15, 0.2) is 6.10 Å². The average Bonchev–Trinajstić information content (AvgIpc) is 2.69. The predicted octanol–water partition coefficient (Wildman–Crippen LogP) is 2.40. The largest absolute Gasteiger partial charge is 0.481 e. The van der Waals surface area contributed by atoms with Crippen LogP contribution in [0.4, 0.5) is 0 Å². The van der Waals surface area contributed by atoms with Crippen LogP contribution in [0.15, 0.2) is 54.2 Å². The van der Waals surface area contributed by atoms with Crippen molar-refractivity contribution in [2.45, 2.75) is 33.8 Å². The standard InChI is InChI=1S/C22H25N3O4/c1-14-9-8-12-20(15(14)2)29-16(3)21(27)24-25-22(28)19(23-17(4)26)13-18-10-6-5-7-11-18/h5-13,16H,1-4H3,(H,23,26)(H,24,27)(H,25,28)/b19-13-/t16-/m1/s1. The molecule has 0 aliphatic rings. The molecule has 3 amide bonds. The zero-order chi connectivity index (χ0) is 21.4. The van der Waals surface area contributed by atoms with Crippen LogP contribution >= 0.6 is 0 Å². The van der Waals surface area contributed by atoms with E-state index in [0.717, 1.165) is 16.7 Å². The van der Waals surface area contributed by atoms with E-state index in [1.165, 1.54) is 13.0 Å². The summed E-state index contributed by atoms with van der Waals surface area (Å²) in [5, 5.41) is 2.46. The monoisotopic (exact) mass is 395 g/mol. The molecule has 29 heavy (non-hydrogen) atoms. The number of aryl methyl sites for hydroxylation is 1. The summed E-state index contributed by atoms with van der Waals surface area (Å²) in [7, 11) is 0. The lowest BCUT2D eigenvalue weighted by atomic mass is 10.1. The Morgan fingerprint density at radius 1 is 0.966 bits per heavy atom. The summed E-state index contributed by atoms with van der Waals surface area (Å²) < 4.78 is 5.69. The van der Waals surface area contributed by atoms with Crippen LogP contribution in [0.25, 0.3) is 6.08 Å². The molecular weight excluding hydrogens is 370 g/mol. The molecule has 3 N–H and O–H groups in total. The zero-order valence-corrected chi connectivity index (χ0v) is 16.9. The van der Waals surface area contributed by atoms with Crippen molar-refractivity contribution in [2.24, 2.45) is 0 Å². The van der Waals surface area contributed by atoms with E-state index >= 15 is 0 Å². The van der Waals surface area contributed by atoms with Crippen LogP contribution in [0.5, 0.6) is 5.75 Å². The number of rotatable bonds is 6. The van der Waals surface area contributed by atoms with E-state index in [-0.39, 0.29) is 5.70 Å². The van der Waals surface area contributed by atoms with E-state index in [2.05, 4.69) is 16.2 Å². The second kappa shape index (κ2) is 10.1. The van der Waals surface area contributed by atoms with Crippen LogP contribution in [0, 0.1) is 13.8 Å². The van der Waals surface area contributed by atoms with Crippen molar-refractivity contribution in [3.05, 3.63) is 70.9 Å². The first-order valence-electron chi connectivity index (χ1n) is 9.15. The van der Waals surface area contributed by atoms with E-state index in [4.69, 9.17) is 4.74 Å². The highest BCUT2D eigenvalue weighted by Crippen LogP contribution is 2.21. The van der Waals surface area contributed by atoms with Gasteiger partial charge in [0, 0.05) is 6.92 Å². The Morgan fingerprint density at radius 2 is 1.66 bits per heavy atom. The molecule has 152 valence electrons. The van der Waals surface area contributed by atoms with Crippen molar-refractivity contribution in [1.29, 1.82) is 0 Å². The topological polar surface area (TPSA) is 96.5 Å². The van der Waals surface area contributed by atoms with Crippen LogP contribution in [0.3, 0.4) is 0 Å². The molecule has 0 spiro atoms. The molecule has 0 saturated carbocycles. The zero-order valence-electron chi connectivity index (χ0n) is 16.9. The van der Waals surface area contributed by atoms with Crippen molar-refractivity contribution in [1.82, 2.24) is 16.2 Å². The fraction of sp³-hybridized carbons (Fsp3) is 0.227. The summed E-state index contributed by atoms with van der Waals surface area (Å²) in [5.41, 5.74) is 7.34. The Kier molecular flexibility index (Phi) is 7.54. The molecule has 2 aromatic carbocycles. The van der Waals surface area contributed by atoms with Crippen LogP contribution < -0.4 is 20.9 Å². The number of hydrogen-bond donors (Lipinski definition) is 3. The lowest BCUT2D eigenvalue weighted by molar-refractivity contribution is -0.131. The third-order valence-corrected chi connectivity index (χ3v) is 4.19. The SMILES string of the molecule is CC(=O)N/C(=C\c1ccccc1)C(=O)NNC(=O)[C@@H](C)Oc1cccc(C)c1C. The molecule has 0 aliphatic heterocycles. The second-order valence-corrected chi connectivity index (χ2v) is 6.55. The molecular formula is C22H25N3O4. The first-order valence-corrected chi connectivity index (χ1v) is 9.15. The van der Waals surface area contributed by atoms with Crippen molar-refractivity contribution in [2.75, 3.05) is 0 Å². The normalized spacial score (nSPS) is 11.9. The highest BCUT2D eigenvalue weighted by atomic mass is 16.5. The van der Waals surface area contributed by atoms with Crippen molar-refractivity contribution >= 4 is 23.8 Å². The first kappa shape index (κ1) is 21.7. The smallest absolute Gasteiger partial charge is 0.286 e. The van der Waals surface area contributed by atoms with Gasteiger partial charge < -0.3 is 10.1 Å².